The van der Waals surface area contributed by atoms with Crippen molar-refractivity contribution in [3.63, 3.8) is 0 Å². The average molecular weight is 345 g/mol. The van der Waals surface area contributed by atoms with Gasteiger partial charge in [-0.15, -0.1) is 0 Å². The van der Waals surface area contributed by atoms with Gasteiger partial charge in [0.25, 0.3) is 5.91 Å². The van der Waals surface area contributed by atoms with Crippen molar-refractivity contribution in [1.29, 1.82) is 0 Å². The van der Waals surface area contributed by atoms with E-state index in [9.17, 15) is 4.79 Å². The van der Waals surface area contributed by atoms with Crippen LogP contribution in [-0.4, -0.2) is 12.0 Å². The maximum atomic E-state index is 12.1. The Labute approximate surface area is 137 Å². The zero-order valence-corrected chi connectivity index (χ0v) is 13.3. The molecule has 21 heavy (non-hydrogen) atoms. The van der Waals surface area contributed by atoms with Gasteiger partial charge >= 0.3 is 0 Å². The summed E-state index contributed by atoms with van der Waals surface area (Å²) in [6.45, 7) is 1.63. The smallest absolute Gasteiger partial charge is 0.265 e. The first-order chi connectivity index (χ1) is 9.97. The lowest BCUT2D eigenvalue weighted by atomic mass is 10.3. The Morgan fingerprint density at radius 3 is 2.19 bits per heavy atom. The van der Waals surface area contributed by atoms with Crippen LogP contribution in [0.1, 0.15) is 6.92 Å². The molecule has 0 heterocycles. The highest BCUT2D eigenvalue weighted by Crippen LogP contribution is 2.30. The quantitative estimate of drug-likeness (QED) is 0.842. The van der Waals surface area contributed by atoms with E-state index in [0.717, 1.165) is 0 Å². The van der Waals surface area contributed by atoms with Gasteiger partial charge in [-0.3, -0.25) is 4.79 Å². The molecule has 2 rings (SSSR count). The van der Waals surface area contributed by atoms with Crippen molar-refractivity contribution in [3.05, 3.63) is 57.5 Å². The monoisotopic (exact) mass is 343 g/mol. The Morgan fingerprint density at radius 2 is 1.62 bits per heavy atom. The van der Waals surface area contributed by atoms with Crippen LogP contribution in [0.4, 0.5) is 5.69 Å². The van der Waals surface area contributed by atoms with E-state index in [2.05, 4.69) is 5.32 Å². The summed E-state index contributed by atoms with van der Waals surface area (Å²) >= 11 is 17.8. The fourth-order valence-corrected chi connectivity index (χ4v) is 2.23. The van der Waals surface area contributed by atoms with Gasteiger partial charge in [-0.05, 0) is 43.3 Å². The first-order valence-corrected chi connectivity index (χ1v) is 7.28. The lowest BCUT2D eigenvalue weighted by Gasteiger charge is -2.16. The summed E-state index contributed by atoms with van der Waals surface area (Å²) in [5.74, 6) is 0.201. The first-order valence-electron chi connectivity index (χ1n) is 6.14. The number of amides is 1. The highest BCUT2D eigenvalue weighted by molar-refractivity contribution is 6.39. The van der Waals surface area contributed by atoms with Crippen molar-refractivity contribution in [2.24, 2.45) is 0 Å². The molecule has 0 aliphatic rings. The largest absolute Gasteiger partial charge is 0.481 e. The van der Waals surface area contributed by atoms with Crippen LogP contribution in [0.2, 0.25) is 15.1 Å². The molecule has 0 bridgehead atoms. The number of hydrogen-bond acceptors (Lipinski definition) is 2. The minimum Gasteiger partial charge on any atom is -0.481 e. The summed E-state index contributed by atoms with van der Waals surface area (Å²) in [5.41, 5.74) is 0.373. The molecule has 0 radical (unpaired) electrons. The van der Waals surface area contributed by atoms with Crippen molar-refractivity contribution >= 4 is 46.4 Å². The third kappa shape index (κ3) is 4.27. The number of nitrogens with one attached hydrogen (secondary N) is 1. The first kappa shape index (κ1) is 16.0. The van der Waals surface area contributed by atoms with Gasteiger partial charge in [-0.2, -0.15) is 0 Å². The number of hydrogen-bond donors (Lipinski definition) is 1. The van der Waals surface area contributed by atoms with Crippen LogP contribution in [-0.2, 0) is 4.79 Å². The predicted molar refractivity (Wildman–Crippen MR) is 86.6 cm³/mol. The van der Waals surface area contributed by atoms with Gasteiger partial charge in [0.2, 0.25) is 0 Å². The van der Waals surface area contributed by atoms with E-state index in [0.29, 0.717) is 26.5 Å². The second-order valence-corrected chi connectivity index (χ2v) is 5.55. The van der Waals surface area contributed by atoms with E-state index < -0.39 is 6.10 Å². The molecule has 0 saturated carbocycles. The van der Waals surface area contributed by atoms with Crippen molar-refractivity contribution in [3.8, 4) is 5.75 Å². The third-order valence-electron chi connectivity index (χ3n) is 2.71. The van der Waals surface area contributed by atoms with Crippen LogP contribution >= 0.6 is 34.8 Å². The zero-order chi connectivity index (χ0) is 15.4. The van der Waals surface area contributed by atoms with Crippen LogP contribution in [0.3, 0.4) is 0 Å². The Bertz CT molecular complexity index is 624. The number of para-hydroxylation sites is 1. The Balaban J connectivity index is 2.04. The topological polar surface area (TPSA) is 38.3 Å². The third-order valence-corrected chi connectivity index (χ3v) is 3.59. The van der Waals surface area contributed by atoms with Gasteiger partial charge < -0.3 is 10.1 Å². The Hall–Kier alpha value is -1.42. The Kier molecular flexibility index (Phi) is 5.34. The van der Waals surface area contributed by atoms with Crippen molar-refractivity contribution in [1.82, 2.24) is 0 Å². The van der Waals surface area contributed by atoms with Crippen molar-refractivity contribution in [2.45, 2.75) is 13.0 Å². The van der Waals surface area contributed by atoms with E-state index in [1.807, 2.05) is 0 Å². The molecule has 1 amide bonds. The van der Waals surface area contributed by atoms with Crippen LogP contribution in [0, 0.1) is 0 Å². The summed E-state index contributed by atoms with van der Waals surface area (Å²) in [6.07, 6.45) is -0.710. The van der Waals surface area contributed by atoms with Gasteiger partial charge in [0.1, 0.15) is 5.75 Å². The standard InChI is InChI=1S/C15H12Cl3NO2/c1-9(21-11-7-5-10(16)6-8-11)15(20)19-14-12(17)3-2-4-13(14)18/h2-9H,1H3,(H,19,20). The molecule has 1 N–H and O–H groups in total. The van der Waals surface area contributed by atoms with E-state index >= 15 is 0 Å². The summed E-state index contributed by atoms with van der Waals surface area (Å²) < 4.78 is 5.53. The second kappa shape index (κ2) is 7.03. The molecule has 0 aliphatic heterocycles. The highest BCUT2D eigenvalue weighted by atomic mass is 35.5. The fourth-order valence-electron chi connectivity index (χ4n) is 1.61. The molecule has 3 nitrogen and oxygen atoms in total. The highest BCUT2D eigenvalue weighted by Gasteiger charge is 2.17. The summed E-state index contributed by atoms with van der Waals surface area (Å²) in [7, 11) is 0. The van der Waals surface area contributed by atoms with Crippen molar-refractivity contribution in [2.75, 3.05) is 5.32 Å². The molecule has 0 fully saturated rings. The molecule has 2 aromatic rings. The SMILES string of the molecule is CC(Oc1ccc(Cl)cc1)C(=O)Nc1c(Cl)cccc1Cl. The minimum absolute atomic E-state index is 0.347. The molecule has 0 aromatic heterocycles. The van der Waals surface area contributed by atoms with Crippen LogP contribution in [0.15, 0.2) is 42.5 Å². The molecule has 1 unspecified atom stereocenters. The lowest BCUT2D eigenvalue weighted by Crippen LogP contribution is -2.30. The molecule has 110 valence electrons. The molecular formula is C15H12Cl3NO2. The summed E-state index contributed by atoms with van der Waals surface area (Å²) in [5, 5.41) is 4.00. The molecule has 0 aliphatic carbocycles. The van der Waals surface area contributed by atoms with E-state index in [1.165, 1.54) is 0 Å². The average Bonchev–Trinajstić information content (AvgIpc) is 2.45. The Morgan fingerprint density at radius 1 is 1.05 bits per heavy atom. The van der Waals surface area contributed by atoms with Crippen LogP contribution in [0.25, 0.3) is 0 Å². The van der Waals surface area contributed by atoms with Crippen LogP contribution in [0.5, 0.6) is 5.75 Å². The maximum Gasteiger partial charge on any atom is 0.265 e. The maximum absolute atomic E-state index is 12.1. The van der Waals surface area contributed by atoms with Gasteiger partial charge in [0.15, 0.2) is 6.10 Å². The van der Waals surface area contributed by atoms with Gasteiger partial charge in [-0.25, -0.2) is 0 Å². The molecule has 1 atom stereocenters. The van der Waals surface area contributed by atoms with E-state index in [4.69, 9.17) is 39.5 Å². The number of ether oxygens (including phenoxy) is 1. The minimum atomic E-state index is -0.710. The van der Waals surface area contributed by atoms with Gasteiger partial charge in [0.05, 0.1) is 15.7 Å². The van der Waals surface area contributed by atoms with E-state index in [1.54, 1.807) is 49.4 Å². The summed E-state index contributed by atoms with van der Waals surface area (Å²) in [6, 6.07) is 11.7. The van der Waals surface area contributed by atoms with E-state index in [-0.39, 0.29) is 5.91 Å². The molecule has 0 spiro atoms. The molecular weight excluding hydrogens is 333 g/mol. The molecule has 6 heteroatoms. The zero-order valence-electron chi connectivity index (χ0n) is 11.1. The number of halogens is 3. The number of rotatable bonds is 4. The number of anilines is 1. The number of benzene rings is 2. The lowest BCUT2D eigenvalue weighted by molar-refractivity contribution is -0.122. The van der Waals surface area contributed by atoms with Gasteiger partial charge in [0, 0.05) is 5.02 Å². The normalized spacial score (nSPS) is 11.8. The molecule has 0 saturated heterocycles. The van der Waals surface area contributed by atoms with Crippen molar-refractivity contribution < 1.29 is 9.53 Å². The van der Waals surface area contributed by atoms with Gasteiger partial charge in [-0.1, -0.05) is 40.9 Å². The molecule has 2 aromatic carbocycles. The summed E-state index contributed by atoms with van der Waals surface area (Å²) in [4.78, 5) is 12.1. The fraction of sp³-hybridized carbons (Fsp3) is 0.133. The predicted octanol–water partition coefficient (Wildman–Crippen LogP) is 5.05. The number of carbonyl (C=O) groups excluding carboxylic acids is 1. The van der Waals surface area contributed by atoms with Crippen LogP contribution < -0.4 is 10.1 Å². The number of carbonyl (C=O) groups is 1. The second-order valence-electron chi connectivity index (χ2n) is 4.30.